The van der Waals surface area contributed by atoms with Crippen LogP contribution in [-0.2, 0) is 13.6 Å². The van der Waals surface area contributed by atoms with Crippen molar-refractivity contribution in [3.63, 3.8) is 0 Å². The third-order valence-electron chi connectivity index (χ3n) is 3.07. The molecule has 3 aromatic rings. The summed E-state index contributed by atoms with van der Waals surface area (Å²) in [4.78, 5) is 11.1. The van der Waals surface area contributed by atoms with E-state index in [4.69, 9.17) is 5.11 Å². The van der Waals surface area contributed by atoms with E-state index in [1.165, 1.54) is 16.9 Å². The minimum Gasteiger partial charge on any atom is -0.477 e. The van der Waals surface area contributed by atoms with Crippen molar-refractivity contribution in [2.75, 3.05) is 0 Å². The van der Waals surface area contributed by atoms with Crippen molar-refractivity contribution in [3.8, 4) is 0 Å². The van der Waals surface area contributed by atoms with Crippen LogP contribution < -0.4 is 0 Å². The third kappa shape index (κ3) is 1.87. The van der Waals surface area contributed by atoms with Gasteiger partial charge in [-0.25, -0.2) is 4.79 Å². The van der Waals surface area contributed by atoms with Gasteiger partial charge in [-0.15, -0.1) is 0 Å². The van der Waals surface area contributed by atoms with Gasteiger partial charge in [0, 0.05) is 18.6 Å². The van der Waals surface area contributed by atoms with Crippen LogP contribution in [0.25, 0.3) is 10.9 Å². The number of carboxylic acid groups (broad SMARTS) is 1. The molecule has 0 saturated carbocycles. The van der Waals surface area contributed by atoms with Crippen molar-refractivity contribution >= 4 is 16.9 Å². The highest BCUT2D eigenvalue weighted by Gasteiger charge is 2.14. The van der Waals surface area contributed by atoms with E-state index in [0.717, 1.165) is 16.6 Å². The van der Waals surface area contributed by atoms with Crippen LogP contribution in [0.15, 0.2) is 36.5 Å². The minimum absolute atomic E-state index is 0.162. The van der Waals surface area contributed by atoms with Crippen LogP contribution in [0.5, 0.6) is 0 Å². The Kier molecular flexibility index (Phi) is 2.56. The van der Waals surface area contributed by atoms with Crippen LogP contribution in [0.3, 0.4) is 0 Å². The highest BCUT2D eigenvalue weighted by atomic mass is 16.4. The topological polar surface area (TPSA) is 72.9 Å². The Bertz CT molecular complexity index is 757. The molecule has 6 heteroatoms. The zero-order chi connectivity index (χ0) is 13.4. The number of rotatable bonds is 3. The monoisotopic (exact) mass is 256 g/mol. The van der Waals surface area contributed by atoms with Gasteiger partial charge in [0.15, 0.2) is 0 Å². The number of hydrogen-bond acceptors (Lipinski definition) is 3. The maximum absolute atomic E-state index is 11.1. The molecular weight excluding hydrogens is 244 g/mol. The van der Waals surface area contributed by atoms with Crippen molar-refractivity contribution in [2.45, 2.75) is 6.54 Å². The van der Waals surface area contributed by atoms with E-state index in [9.17, 15) is 4.79 Å². The van der Waals surface area contributed by atoms with Gasteiger partial charge in [-0.2, -0.15) is 10.2 Å². The van der Waals surface area contributed by atoms with E-state index >= 15 is 0 Å². The van der Waals surface area contributed by atoms with Crippen LogP contribution >= 0.6 is 0 Å². The molecule has 3 rings (SSSR count). The summed E-state index contributed by atoms with van der Waals surface area (Å²) in [6, 6.07) is 9.32. The summed E-state index contributed by atoms with van der Waals surface area (Å²) < 4.78 is 3.23. The fourth-order valence-corrected chi connectivity index (χ4v) is 2.19. The highest BCUT2D eigenvalue weighted by molar-refractivity contribution is 5.86. The summed E-state index contributed by atoms with van der Waals surface area (Å²) in [5.41, 5.74) is 1.99. The predicted octanol–water partition coefficient (Wildman–Crippen LogP) is 1.52. The Morgan fingerprint density at radius 3 is 2.89 bits per heavy atom. The number of hydrogen-bond donors (Lipinski definition) is 1. The Morgan fingerprint density at radius 2 is 2.11 bits per heavy atom. The molecule has 0 unspecified atom stereocenters. The van der Waals surface area contributed by atoms with E-state index in [0.29, 0.717) is 6.54 Å². The molecule has 1 N–H and O–H groups in total. The van der Waals surface area contributed by atoms with Gasteiger partial charge in [-0.1, -0.05) is 18.2 Å². The molecule has 0 aliphatic carbocycles. The smallest absolute Gasteiger partial charge is 0.354 e. The van der Waals surface area contributed by atoms with Gasteiger partial charge in [0.05, 0.1) is 17.8 Å². The molecule has 0 fully saturated rings. The summed E-state index contributed by atoms with van der Waals surface area (Å²) >= 11 is 0. The average molecular weight is 256 g/mol. The second-order valence-electron chi connectivity index (χ2n) is 4.27. The van der Waals surface area contributed by atoms with Crippen molar-refractivity contribution in [2.24, 2.45) is 7.05 Å². The van der Waals surface area contributed by atoms with Crippen LogP contribution in [0.1, 0.15) is 16.2 Å². The van der Waals surface area contributed by atoms with Crippen LogP contribution in [-0.4, -0.2) is 30.6 Å². The Morgan fingerprint density at radius 1 is 1.32 bits per heavy atom. The molecule has 0 spiro atoms. The molecule has 96 valence electrons. The maximum Gasteiger partial charge on any atom is 0.354 e. The number of benzene rings is 1. The minimum atomic E-state index is -0.988. The van der Waals surface area contributed by atoms with Gasteiger partial charge in [-0.05, 0) is 12.1 Å². The van der Waals surface area contributed by atoms with Crippen LogP contribution in [0.4, 0.5) is 0 Å². The van der Waals surface area contributed by atoms with Crippen LogP contribution in [0.2, 0.25) is 0 Å². The van der Waals surface area contributed by atoms with E-state index < -0.39 is 5.97 Å². The van der Waals surface area contributed by atoms with Crippen molar-refractivity contribution in [1.82, 2.24) is 19.6 Å². The lowest BCUT2D eigenvalue weighted by atomic mass is 10.2. The standard InChI is InChI=1S/C13H12N4O2/c1-16-11-5-3-2-4-9(11)10(15-16)8-17-12(13(18)19)6-7-14-17/h2-7H,8H2,1H3,(H,18,19). The Hall–Kier alpha value is -2.63. The molecule has 2 heterocycles. The molecular formula is C13H12N4O2. The number of nitrogens with zero attached hydrogens (tertiary/aromatic N) is 4. The first kappa shape index (κ1) is 11.5. The molecule has 2 aromatic heterocycles. The maximum atomic E-state index is 11.1. The largest absolute Gasteiger partial charge is 0.477 e. The van der Waals surface area contributed by atoms with E-state index in [1.54, 1.807) is 4.68 Å². The van der Waals surface area contributed by atoms with Gasteiger partial charge >= 0.3 is 5.97 Å². The van der Waals surface area contributed by atoms with Gasteiger partial charge in [0.2, 0.25) is 0 Å². The molecule has 0 aliphatic rings. The SMILES string of the molecule is Cn1nc(Cn2nccc2C(=O)O)c2ccccc21. The van der Waals surface area contributed by atoms with Gasteiger partial charge < -0.3 is 5.11 Å². The number of carbonyl (C=O) groups is 1. The van der Waals surface area contributed by atoms with E-state index in [2.05, 4.69) is 10.2 Å². The van der Waals surface area contributed by atoms with Crippen LogP contribution in [0, 0.1) is 0 Å². The number of carboxylic acids is 1. The zero-order valence-corrected chi connectivity index (χ0v) is 10.3. The lowest BCUT2D eigenvalue weighted by molar-refractivity contribution is 0.0684. The Labute approximate surface area is 108 Å². The summed E-state index contributed by atoms with van der Waals surface area (Å²) in [5, 5.41) is 18.5. The summed E-state index contributed by atoms with van der Waals surface area (Å²) in [5.74, 6) is -0.988. The van der Waals surface area contributed by atoms with E-state index in [1.807, 2.05) is 31.3 Å². The third-order valence-corrected chi connectivity index (χ3v) is 3.07. The normalized spacial score (nSPS) is 11.0. The molecule has 0 aliphatic heterocycles. The molecule has 0 bridgehead atoms. The molecule has 1 aromatic carbocycles. The van der Waals surface area contributed by atoms with Crippen molar-refractivity contribution in [1.29, 1.82) is 0 Å². The lowest BCUT2D eigenvalue weighted by Crippen LogP contribution is -2.11. The molecule has 0 radical (unpaired) electrons. The zero-order valence-electron chi connectivity index (χ0n) is 10.3. The first-order chi connectivity index (χ1) is 9.16. The fraction of sp³-hybridized carbons (Fsp3) is 0.154. The number of aryl methyl sites for hydroxylation is 1. The lowest BCUT2D eigenvalue weighted by Gasteiger charge is -2.02. The van der Waals surface area contributed by atoms with Crippen molar-refractivity contribution < 1.29 is 9.90 Å². The molecule has 0 amide bonds. The molecule has 19 heavy (non-hydrogen) atoms. The Balaban J connectivity index is 2.06. The van der Waals surface area contributed by atoms with E-state index in [-0.39, 0.29) is 5.69 Å². The molecule has 0 saturated heterocycles. The average Bonchev–Trinajstić information content (AvgIpc) is 2.97. The van der Waals surface area contributed by atoms with Gasteiger partial charge in [0.1, 0.15) is 5.69 Å². The van der Waals surface area contributed by atoms with Crippen molar-refractivity contribution in [3.05, 3.63) is 47.9 Å². The molecule has 0 atom stereocenters. The quantitative estimate of drug-likeness (QED) is 0.771. The summed E-state index contributed by atoms with van der Waals surface area (Å²) in [6.07, 6.45) is 1.48. The summed E-state index contributed by atoms with van der Waals surface area (Å²) in [6.45, 7) is 0.343. The first-order valence-corrected chi connectivity index (χ1v) is 5.82. The van der Waals surface area contributed by atoms with Gasteiger partial charge in [0.25, 0.3) is 0 Å². The predicted molar refractivity (Wildman–Crippen MR) is 69.0 cm³/mol. The highest BCUT2D eigenvalue weighted by Crippen LogP contribution is 2.18. The first-order valence-electron chi connectivity index (χ1n) is 5.82. The second-order valence-corrected chi connectivity index (χ2v) is 4.27. The number of fused-ring (bicyclic) bond motifs is 1. The second kappa shape index (κ2) is 4.24. The number of aromatic nitrogens is 4. The number of para-hydroxylation sites is 1. The summed E-state index contributed by atoms with van der Waals surface area (Å²) in [7, 11) is 1.87. The molecule has 6 nitrogen and oxygen atoms in total. The fourth-order valence-electron chi connectivity index (χ4n) is 2.19. The van der Waals surface area contributed by atoms with Gasteiger partial charge in [-0.3, -0.25) is 9.36 Å². The number of aromatic carboxylic acids is 1.